The molecule has 32 heavy (non-hydrogen) atoms. The number of anilines is 1. The van der Waals surface area contributed by atoms with E-state index in [2.05, 4.69) is 15.5 Å². The van der Waals surface area contributed by atoms with Crippen LogP contribution >= 0.6 is 11.8 Å². The van der Waals surface area contributed by atoms with Crippen LogP contribution in [-0.4, -0.2) is 52.2 Å². The fourth-order valence-corrected chi connectivity index (χ4v) is 5.38. The topological polar surface area (TPSA) is 97.2 Å². The maximum atomic E-state index is 12.7. The van der Waals surface area contributed by atoms with Crippen LogP contribution < -0.4 is 5.32 Å². The van der Waals surface area contributed by atoms with Crippen molar-refractivity contribution in [2.24, 2.45) is 0 Å². The average molecular weight is 474 g/mol. The molecule has 0 aliphatic rings. The van der Waals surface area contributed by atoms with Gasteiger partial charge in [0.15, 0.2) is 5.16 Å². The maximum Gasteiger partial charge on any atom is 0.243 e. The van der Waals surface area contributed by atoms with E-state index in [4.69, 9.17) is 0 Å². The number of aryl methyl sites for hydroxylation is 2. The van der Waals surface area contributed by atoms with Crippen LogP contribution in [0, 0.1) is 13.8 Å². The summed E-state index contributed by atoms with van der Waals surface area (Å²) in [7, 11) is -3.59. The van der Waals surface area contributed by atoms with E-state index >= 15 is 0 Å². The molecule has 1 heterocycles. The van der Waals surface area contributed by atoms with Gasteiger partial charge < -0.3 is 5.32 Å². The highest BCUT2D eigenvalue weighted by molar-refractivity contribution is 7.99. The van der Waals surface area contributed by atoms with E-state index in [-0.39, 0.29) is 16.6 Å². The van der Waals surface area contributed by atoms with Crippen molar-refractivity contribution in [3.05, 3.63) is 59.9 Å². The Balaban J connectivity index is 1.68. The molecular weight excluding hydrogens is 446 g/mol. The van der Waals surface area contributed by atoms with Crippen LogP contribution in [0.1, 0.15) is 25.0 Å². The molecule has 0 aliphatic heterocycles. The molecule has 8 nitrogen and oxygen atoms in total. The predicted octanol–water partition coefficient (Wildman–Crippen LogP) is 3.65. The number of nitrogens with one attached hydrogen (secondary N) is 1. The highest BCUT2D eigenvalue weighted by Gasteiger charge is 2.22. The number of nitrogens with zero attached hydrogens (tertiary/aromatic N) is 4. The Kier molecular flexibility index (Phi) is 7.70. The van der Waals surface area contributed by atoms with Gasteiger partial charge in [0.2, 0.25) is 15.9 Å². The van der Waals surface area contributed by atoms with Gasteiger partial charge in [-0.25, -0.2) is 8.42 Å². The molecular formula is C22H27N5O3S2. The maximum absolute atomic E-state index is 12.7. The Labute approximate surface area is 193 Å². The zero-order chi connectivity index (χ0) is 23.3. The second-order valence-electron chi connectivity index (χ2n) is 7.21. The normalized spacial score (nSPS) is 11.7. The van der Waals surface area contributed by atoms with Crippen molar-refractivity contribution in [2.45, 2.75) is 37.7 Å². The van der Waals surface area contributed by atoms with Crippen molar-refractivity contribution in [3.63, 3.8) is 0 Å². The third-order valence-corrected chi connectivity index (χ3v) is 8.07. The Hall–Kier alpha value is -2.69. The molecule has 0 saturated heterocycles. The fourth-order valence-electron chi connectivity index (χ4n) is 3.15. The van der Waals surface area contributed by atoms with Crippen molar-refractivity contribution in [1.82, 2.24) is 19.1 Å². The summed E-state index contributed by atoms with van der Waals surface area (Å²) >= 11 is 1.26. The first-order valence-electron chi connectivity index (χ1n) is 10.3. The number of hydrogen-bond acceptors (Lipinski definition) is 6. The van der Waals surface area contributed by atoms with Crippen molar-refractivity contribution in [1.29, 1.82) is 0 Å². The van der Waals surface area contributed by atoms with E-state index in [1.54, 1.807) is 32.3 Å². The van der Waals surface area contributed by atoms with Gasteiger partial charge in [0, 0.05) is 24.5 Å². The third-order valence-electron chi connectivity index (χ3n) is 5.08. The summed E-state index contributed by atoms with van der Waals surface area (Å²) in [6.07, 6.45) is 1.62. The smallest absolute Gasteiger partial charge is 0.243 e. The minimum atomic E-state index is -3.59. The van der Waals surface area contributed by atoms with Gasteiger partial charge in [-0.2, -0.15) is 4.31 Å². The third kappa shape index (κ3) is 5.37. The summed E-state index contributed by atoms with van der Waals surface area (Å²) in [6, 6.07) is 12.4. The van der Waals surface area contributed by atoms with Crippen LogP contribution in [0.4, 0.5) is 5.69 Å². The minimum absolute atomic E-state index is 0.108. The highest BCUT2D eigenvalue weighted by Crippen LogP contribution is 2.23. The van der Waals surface area contributed by atoms with Gasteiger partial charge in [0.05, 0.1) is 10.6 Å². The van der Waals surface area contributed by atoms with Crippen LogP contribution in [0.3, 0.4) is 0 Å². The minimum Gasteiger partial charge on any atom is -0.325 e. The van der Waals surface area contributed by atoms with Gasteiger partial charge in [-0.3, -0.25) is 9.36 Å². The van der Waals surface area contributed by atoms with Gasteiger partial charge in [0.1, 0.15) is 6.33 Å². The number of thioether (sulfide) groups is 1. The molecule has 2 aromatic carbocycles. The van der Waals surface area contributed by atoms with Crippen LogP contribution in [-0.2, 0) is 14.8 Å². The number of rotatable bonds is 9. The lowest BCUT2D eigenvalue weighted by molar-refractivity contribution is -0.113. The first-order chi connectivity index (χ1) is 15.3. The molecule has 0 fully saturated rings. The monoisotopic (exact) mass is 473 g/mol. The molecule has 1 N–H and O–H groups in total. The summed E-state index contributed by atoms with van der Waals surface area (Å²) in [5.74, 6) is -0.154. The number of aromatic nitrogens is 3. The Morgan fingerprint density at radius 2 is 1.84 bits per heavy atom. The molecule has 0 spiro atoms. The molecule has 10 heteroatoms. The van der Waals surface area contributed by atoms with E-state index in [1.807, 2.05) is 36.6 Å². The molecule has 0 unspecified atom stereocenters. The lowest BCUT2D eigenvalue weighted by atomic mass is 10.1. The largest absolute Gasteiger partial charge is 0.325 e. The zero-order valence-corrected chi connectivity index (χ0v) is 20.2. The first-order valence-corrected chi connectivity index (χ1v) is 12.7. The summed E-state index contributed by atoms with van der Waals surface area (Å²) in [4.78, 5) is 12.7. The van der Waals surface area contributed by atoms with E-state index in [0.717, 1.165) is 11.3 Å². The molecule has 0 saturated carbocycles. The quantitative estimate of drug-likeness (QED) is 0.477. The van der Waals surface area contributed by atoms with Crippen LogP contribution in [0.25, 0.3) is 5.69 Å². The summed E-state index contributed by atoms with van der Waals surface area (Å²) in [5.41, 5.74) is 3.71. The van der Waals surface area contributed by atoms with Gasteiger partial charge in [-0.05, 0) is 55.3 Å². The van der Waals surface area contributed by atoms with E-state index < -0.39 is 10.0 Å². The van der Waals surface area contributed by atoms with Crippen LogP contribution in [0.15, 0.2) is 58.8 Å². The van der Waals surface area contributed by atoms with E-state index in [0.29, 0.717) is 23.9 Å². The molecule has 0 atom stereocenters. The summed E-state index contributed by atoms with van der Waals surface area (Å²) in [5, 5.41) is 11.5. The molecule has 1 aromatic heterocycles. The number of sulfonamides is 1. The molecule has 170 valence electrons. The fraction of sp³-hybridized carbons (Fsp3) is 0.318. The molecule has 0 bridgehead atoms. The first kappa shape index (κ1) is 24.0. The predicted molar refractivity (Wildman–Crippen MR) is 127 cm³/mol. The molecule has 0 aliphatic carbocycles. The second kappa shape index (κ2) is 10.3. The number of hydrogen-bond donors (Lipinski definition) is 1. The van der Waals surface area contributed by atoms with Crippen molar-refractivity contribution in [3.8, 4) is 5.69 Å². The Morgan fingerprint density at radius 1 is 1.09 bits per heavy atom. The number of benzene rings is 2. The summed E-state index contributed by atoms with van der Waals surface area (Å²) in [6.45, 7) is 8.44. The standard InChI is InChI=1S/C22H27N5O3S2/c1-5-26(6-2)32(29,30)20-9-7-8-18(13-20)24-21(28)14-31-22-25-23-15-27(22)19-11-10-16(3)17(4)12-19/h7-13,15H,5-6,14H2,1-4H3,(H,24,28). The molecule has 1 amide bonds. The van der Waals surface area contributed by atoms with Crippen molar-refractivity contribution < 1.29 is 13.2 Å². The van der Waals surface area contributed by atoms with Crippen molar-refractivity contribution in [2.75, 3.05) is 24.2 Å². The lowest BCUT2D eigenvalue weighted by Crippen LogP contribution is -2.30. The zero-order valence-electron chi connectivity index (χ0n) is 18.6. The van der Waals surface area contributed by atoms with Gasteiger partial charge in [0.25, 0.3) is 0 Å². The van der Waals surface area contributed by atoms with Crippen LogP contribution in [0.5, 0.6) is 0 Å². The van der Waals surface area contributed by atoms with Crippen LogP contribution in [0.2, 0.25) is 0 Å². The SMILES string of the molecule is CCN(CC)S(=O)(=O)c1cccc(NC(=O)CSc2nncn2-c2ccc(C)c(C)c2)c1. The van der Waals surface area contributed by atoms with Gasteiger partial charge in [-0.15, -0.1) is 10.2 Å². The van der Waals surface area contributed by atoms with E-state index in [1.165, 1.54) is 33.8 Å². The Bertz CT molecular complexity index is 1200. The average Bonchev–Trinajstić information content (AvgIpc) is 3.24. The number of carbonyl (C=O) groups is 1. The van der Waals surface area contributed by atoms with E-state index in [9.17, 15) is 13.2 Å². The van der Waals surface area contributed by atoms with Gasteiger partial charge in [-0.1, -0.05) is 37.7 Å². The van der Waals surface area contributed by atoms with Gasteiger partial charge >= 0.3 is 0 Å². The number of carbonyl (C=O) groups excluding carboxylic acids is 1. The Morgan fingerprint density at radius 3 is 2.53 bits per heavy atom. The molecule has 0 radical (unpaired) electrons. The molecule has 3 aromatic rings. The highest BCUT2D eigenvalue weighted by atomic mass is 32.2. The second-order valence-corrected chi connectivity index (χ2v) is 10.1. The number of amides is 1. The molecule has 3 rings (SSSR count). The summed E-state index contributed by atoms with van der Waals surface area (Å²) < 4.78 is 28.7. The lowest BCUT2D eigenvalue weighted by Gasteiger charge is -2.18. The van der Waals surface area contributed by atoms with Crippen molar-refractivity contribution >= 4 is 33.4 Å².